The van der Waals surface area contributed by atoms with E-state index in [4.69, 9.17) is 5.73 Å². The van der Waals surface area contributed by atoms with Gasteiger partial charge in [-0.05, 0) is 13.8 Å². The van der Waals surface area contributed by atoms with E-state index in [1.165, 1.54) is 6.20 Å². The zero-order chi connectivity index (χ0) is 13.1. The predicted molar refractivity (Wildman–Crippen MR) is 69.2 cm³/mol. The zero-order valence-corrected chi connectivity index (χ0v) is 11.4. The first-order chi connectivity index (χ1) is 7.86. The fraction of sp³-hybridized carbons (Fsp3) is 0.556. The second kappa shape index (κ2) is 5.56. The largest absolute Gasteiger partial charge is 0.393 e. The first-order valence-electron chi connectivity index (χ1n) is 5.18. The van der Waals surface area contributed by atoms with E-state index in [1.54, 1.807) is 11.5 Å². The summed E-state index contributed by atoms with van der Waals surface area (Å²) >= 11 is 4.67. The topological polar surface area (TPSA) is 90.0 Å². The van der Waals surface area contributed by atoms with Crippen LogP contribution in [0.15, 0.2) is 11.2 Å². The molecule has 0 radical (unpaired) electrons. The van der Waals surface area contributed by atoms with Gasteiger partial charge in [0.15, 0.2) is 5.03 Å². The molecule has 17 heavy (non-hydrogen) atoms. The van der Waals surface area contributed by atoms with Gasteiger partial charge in [-0.25, -0.2) is 18.1 Å². The van der Waals surface area contributed by atoms with E-state index < -0.39 is 10.0 Å². The number of nitrogens with one attached hydrogen (secondary N) is 1. The number of rotatable bonds is 6. The number of sulfonamides is 1. The van der Waals surface area contributed by atoms with Gasteiger partial charge in [0, 0.05) is 25.7 Å². The summed E-state index contributed by atoms with van der Waals surface area (Å²) in [5.41, 5.74) is 5.29. The Balaban J connectivity index is 2.79. The summed E-state index contributed by atoms with van der Waals surface area (Å²) in [6, 6.07) is 0. The Bertz CT molecular complexity index is 507. The highest BCUT2D eigenvalue weighted by Crippen LogP contribution is 2.08. The van der Waals surface area contributed by atoms with Crippen LogP contribution in [0.2, 0.25) is 0 Å². The molecule has 1 heterocycles. The first kappa shape index (κ1) is 14.1. The molecular weight excluding hydrogens is 260 g/mol. The van der Waals surface area contributed by atoms with E-state index in [-0.39, 0.29) is 16.6 Å². The van der Waals surface area contributed by atoms with Crippen molar-refractivity contribution in [1.29, 1.82) is 0 Å². The van der Waals surface area contributed by atoms with Crippen LogP contribution in [-0.4, -0.2) is 29.5 Å². The smallest absolute Gasteiger partial charge is 0.259 e. The summed E-state index contributed by atoms with van der Waals surface area (Å²) < 4.78 is 27.8. The van der Waals surface area contributed by atoms with Crippen molar-refractivity contribution in [3.05, 3.63) is 12.0 Å². The zero-order valence-electron chi connectivity index (χ0n) is 9.80. The van der Waals surface area contributed by atoms with Gasteiger partial charge in [0.2, 0.25) is 0 Å². The maximum Gasteiger partial charge on any atom is 0.259 e. The molecule has 6 nitrogen and oxygen atoms in total. The maximum atomic E-state index is 11.8. The molecule has 0 aromatic carbocycles. The van der Waals surface area contributed by atoms with E-state index in [2.05, 4.69) is 21.9 Å². The minimum atomic E-state index is -3.56. The number of imidazole rings is 1. The van der Waals surface area contributed by atoms with Crippen LogP contribution in [0.1, 0.15) is 19.2 Å². The fourth-order valence-electron chi connectivity index (χ4n) is 1.31. The highest BCUT2D eigenvalue weighted by Gasteiger charge is 2.18. The molecular formula is C9H16N4O2S2. The molecule has 0 amide bonds. The molecule has 0 atom stereocenters. The van der Waals surface area contributed by atoms with Crippen molar-refractivity contribution < 1.29 is 8.42 Å². The van der Waals surface area contributed by atoms with Crippen molar-refractivity contribution >= 4 is 27.2 Å². The van der Waals surface area contributed by atoms with Crippen LogP contribution in [0.3, 0.4) is 0 Å². The van der Waals surface area contributed by atoms with Crippen LogP contribution in [0.25, 0.3) is 0 Å². The Labute approximate surface area is 106 Å². The van der Waals surface area contributed by atoms with Crippen molar-refractivity contribution in [1.82, 2.24) is 14.3 Å². The number of aryl methyl sites for hydroxylation is 2. The van der Waals surface area contributed by atoms with Crippen molar-refractivity contribution in [2.75, 3.05) is 6.54 Å². The Hall–Kier alpha value is -0.990. The number of hydrogen-bond acceptors (Lipinski definition) is 4. The Kier molecular flexibility index (Phi) is 4.61. The number of thiocarbonyl (C=S) groups is 1. The minimum absolute atomic E-state index is 0.0276. The Morgan fingerprint density at radius 1 is 1.65 bits per heavy atom. The highest BCUT2D eigenvalue weighted by atomic mass is 32.2. The molecule has 3 N–H and O–H groups in total. The molecule has 1 aromatic heterocycles. The molecule has 1 aromatic rings. The van der Waals surface area contributed by atoms with E-state index in [0.717, 1.165) is 0 Å². The second-order valence-electron chi connectivity index (χ2n) is 3.53. The normalized spacial score (nSPS) is 11.6. The third-order valence-electron chi connectivity index (χ3n) is 2.23. The SMILES string of the molecule is CCn1cc(S(=O)(=O)NCCC(N)=S)nc1C. The van der Waals surface area contributed by atoms with Gasteiger partial charge in [0.25, 0.3) is 10.0 Å². The van der Waals surface area contributed by atoms with Crippen molar-refractivity contribution in [2.45, 2.75) is 31.8 Å². The second-order valence-corrected chi connectivity index (χ2v) is 5.76. The summed E-state index contributed by atoms with van der Waals surface area (Å²) in [5.74, 6) is 0.669. The molecule has 0 saturated heterocycles. The first-order valence-corrected chi connectivity index (χ1v) is 7.07. The lowest BCUT2D eigenvalue weighted by Gasteiger charge is -2.02. The number of nitrogens with zero attached hydrogens (tertiary/aromatic N) is 2. The maximum absolute atomic E-state index is 11.8. The average Bonchev–Trinajstić information content (AvgIpc) is 2.59. The van der Waals surface area contributed by atoms with Crippen molar-refractivity contribution in [2.24, 2.45) is 5.73 Å². The highest BCUT2D eigenvalue weighted by molar-refractivity contribution is 7.89. The van der Waals surface area contributed by atoms with Crippen molar-refractivity contribution in [3.63, 3.8) is 0 Å². The van der Waals surface area contributed by atoms with E-state index in [1.807, 2.05) is 6.92 Å². The molecule has 1 rings (SSSR count). The number of nitrogens with two attached hydrogens (primary N) is 1. The van der Waals surface area contributed by atoms with Crippen LogP contribution in [0, 0.1) is 6.92 Å². The molecule has 0 aliphatic heterocycles. The number of hydrogen-bond donors (Lipinski definition) is 2. The molecule has 0 unspecified atom stereocenters. The lowest BCUT2D eigenvalue weighted by atomic mass is 10.4. The Morgan fingerprint density at radius 3 is 2.76 bits per heavy atom. The van der Waals surface area contributed by atoms with E-state index >= 15 is 0 Å². The lowest BCUT2D eigenvalue weighted by molar-refractivity contribution is 0.579. The van der Waals surface area contributed by atoms with Crippen LogP contribution < -0.4 is 10.5 Å². The molecule has 8 heteroatoms. The average molecular weight is 276 g/mol. The molecule has 0 fully saturated rings. The molecule has 96 valence electrons. The third-order valence-corrected chi connectivity index (χ3v) is 3.77. The lowest BCUT2D eigenvalue weighted by Crippen LogP contribution is -2.27. The summed E-state index contributed by atoms with van der Waals surface area (Å²) in [7, 11) is -3.56. The standard InChI is InChI=1S/C9H16N4O2S2/c1-3-13-6-9(12-7(13)2)17(14,15)11-5-4-8(10)16/h6,11H,3-5H2,1-2H3,(H2,10,16). The summed E-state index contributed by atoms with van der Waals surface area (Å²) in [6.07, 6.45) is 1.85. The van der Waals surface area contributed by atoms with Gasteiger partial charge >= 0.3 is 0 Å². The molecule has 0 bridgehead atoms. The van der Waals surface area contributed by atoms with Crippen LogP contribution in [0.4, 0.5) is 0 Å². The van der Waals surface area contributed by atoms with Gasteiger partial charge in [0.05, 0.1) is 4.99 Å². The van der Waals surface area contributed by atoms with E-state index in [9.17, 15) is 8.42 Å². The van der Waals surface area contributed by atoms with Gasteiger partial charge in [-0.15, -0.1) is 0 Å². The van der Waals surface area contributed by atoms with Gasteiger partial charge in [-0.2, -0.15) is 0 Å². The van der Waals surface area contributed by atoms with Crippen LogP contribution in [0.5, 0.6) is 0 Å². The quantitative estimate of drug-likeness (QED) is 0.723. The summed E-state index contributed by atoms with van der Waals surface area (Å²) in [4.78, 5) is 4.28. The van der Waals surface area contributed by atoms with Gasteiger partial charge in [-0.3, -0.25) is 0 Å². The summed E-state index contributed by atoms with van der Waals surface area (Å²) in [5, 5.41) is 0.0276. The Morgan fingerprint density at radius 2 is 2.29 bits per heavy atom. The minimum Gasteiger partial charge on any atom is -0.393 e. The fourth-order valence-corrected chi connectivity index (χ4v) is 2.45. The van der Waals surface area contributed by atoms with Crippen LogP contribution >= 0.6 is 12.2 Å². The van der Waals surface area contributed by atoms with E-state index in [0.29, 0.717) is 18.8 Å². The van der Waals surface area contributed by atoms with Crippen LogP contribution in [-0.2, 0) is 16.6 Å². The monoisotopic (exact) mass is 276 g/mol. The van der Waals surface area contributed by atoms with Gasteiger partial charge in [-0.1, -0.05) is 12.2 Å². The number of aromatic nitrogens is 2. The predicted octanol–water partition coefficient (Wildman–Crippen LogP) is 0.166. The third kappa shape index (κ3) is 3.76. The van der Waals surface area contributed by atoms with Gasteiger partial charge in [0.1, 0.15) is 5.82 Å². The van der Waals surface area contributed by atoms with Gasteiger partial charge < -0.3 is 10.3 Å². The molecule has 0 aliphatic rings. The molecule has 0 saturated carbocycles. The summed E-state index contributed by atoms with van der Waals surface area (Å²) in [6.45, 7) is 4.56. The molecule has 0 aliphatic carbocycles. The van der Waals surface area contributed by atoms with Crippen molar-refractivity contribution in [3.8, 4) is 0 Å². The molecule has 0 spiro atoms.